The summed E-state index contributed by atoms with van der Waals surface area (Å²) < 4.78 is 6.42. The molecule has 2 aromatic carbocycles. The van der Waals surface area contributed by atoms with Crippen molar-refractivity contribution in [2.45, 2.75) is 39.5 Å². The Hall–Kier alpha value is -4.46. The molecular formula is C33H37N5O3. The first kappa shape index (κ1) is 28.1. The molecule has 1 aliphatic rings. The molecule has 8 heteroatoms. The molecule has 0 amide bonds. The summed E-state index contributed by atoms with van der Waals surface area (Å²) in [6, 6.07) is 21.1. The summed E-state index contributed by atoms with van der Waals surface area (Å²) in [4.78, 5) is 42.8. The smallest absolute Gasteiger partial charge is 0.254 e. The molecule has 2 aromatic heterocycles. The Morgan fingerprint density at radius 2 is 1.66 bits per heavy atom. The van der Waals surface area contributed by atoms with Crippen molar-refractivity contribution in [3.05, 3.63) is 111 Å². The molecule has 1 aliphatic heterocycles. The van der Waals surface area contributed by atoms with Gasteiger partial charge < -0.3 is 19.5 Å². The quantitative estimate of drug-likeness (QED) is 0.210. The van der Waals surface area contributed by atoms with Gasteiger partial charge in [-0.05, 0) is 43.5 Å². The number of benzene rings is 2. The van der Waals surface area contributed by atoms with E-state index in [1.165, 1.54) is 0 Å². The van der Waals surface area contributed by atoms with Gasteiger partial charge in [-0.3, -0.25) is 9.59 Å². The van der Waals surface area contributed by atoms with E-state index in [1.54, 1.807) is 0 Å². The minimum absolute atomic E-state index is 0.0544. The predicted octanol–water partition coefficient (Wildman–Crippen LogP) is 4.86. The number of aromatic amines is 1. The van der Waals surface area contributed by atoms with Crippen molar-refractivity contribution in [3.63, 3.8) is 0 Å². The van der Waals surface area contributed by atoms with Crippen molar-refractivity contribution in [2.75, 3.05) is 42.6 Å². The van der Waals surface area contributed by atoms with Gasteiger partial charge in [-0.1, -0.05) is 56.3 Å². The normalized spacial score (nSPS) is 13.3. The minimum Gasteiger partial charge on any atom is -0.491 e. The van der Waals surface area contributed by atoms with Crippen LogP contribution in [0.25, 0.3) is 0 Å². The molecule has 41 heavy (non-hydrogen) atoms. The monoisotopic (exact) mass is 551 g/mol. The van der Waals surface area contributed by atoms with Crippen LogP contribution in [0.4, 0.5) is 11.5 Å². The van der Waals surface area contributed by atoms with E-state index in [9.17, 15) is 9.59 Å². The highest BCUT2D eigenvalue weighted by Gasteiger charge is 2.24. The van der Waals surface area contributed by atoms with Gasteiger partial charge in [0.15, 0.2) is 11.5 Å². The first-order valence-corrected chi connectivity index (χ1v) is 14.5. The van der Waals surface area contributed by atoms with Crippen LogP contribution in [0.1, 0.15) is 53.3 Å². The largest absolute Gasteiger partial charge is 0.491 e. The van der Waals surface area contributed by atoms with Gasteiger partial charge >= 0.3 is 0 Å². The molecule has 0 unspecified atom stereocenters. The highest BCUT2D eigenvalue weighted by molar-refractivity contribution is 6.11. The number of ketones is 1. The van der Waals surface area contributed by atoms with Crippen molar-refractivity contribution in [2.24, 2.45) is 0 Å². The molecule has 0 radical (unpaired) electrons. The number of para-hydroxylation sites is 1. The molecule has 8 nitrogen and oxygen atoms in total. The molecule has 1 fully saturated rings. The number of hydrogen-bond acceptors (Lipinski definition) is 7. The molecular weight excluding hydrogens is 514 g/mol. The van der Waals surface area contributed by atoms with E-state index in [0.29, 0.717) is 48.6 Å². The zero-order valence-electron chi connectivity index (χ0n) is 23.8. The fourth-order valence-corrected chi connectivity index (χ4v) is 5.35. The zero-order valence-corrected chi connectivity index (χ0v) is 23.8. The third-order valence-electron chi connectivity index (χ3n) is 7.51. The number of piperazine rings is 1. The lowest BCUT2D eigenvalue weighted by atomic mass is 10.0. The molecule has 0 saturated carbocycles. The van der Waals surface area contributed by atoms with Gasteiger partial charge in [0.2, 0.25) is 0 Å². The Morgan fingerprint density at radius 1 is 0.902 bits per heavy atom. The lowest BCUT2D eigenvalue weighted by Crippen LogP contribution is -2.47. The van der Waals surface area contributed by atoms with Crippen LogP contribution in [0.3, 0.4) is 0 Å². The Labute approximate surface area is 241 Å². The lowest BCUT2D eigenvalue weighted by molar-refractivity contribution is 0.103. The van der Waals surface area contributed by atoms with Gasteiger partial charge in [0.1, 0.15) is 11.6 Å². The highest BCUT2D eigenvalue weighted by atomic mass is 16.5. The summed E-state index contributed by atoms with van der Waals surface area (Å²) in [5, 5.41) is 0. The lowest BCUT2D eigenvalue weighted by Gasteiger charge is -2.37. The SMILES string of the molecule is CCc1nc(CCCOc2c(C(=O)c3ccccc3)cccc2N2CCN(c3ccccn3)CC2)[nH]c(=O)c1CC. The number of hydrogen-bond donors (Lipinski definition) is 1. The maximum absolute atomic E-state index is 13.6. The summed E-state index contributed by atoms with van der Waals surface area (Å²) in [5.74, 6) is 2.18. The Kier molecular flexibility index (Phi) is 9.08. The molecule has 0 spiro atoms. The number of aromatic nitrogens is 3. The minimum atomic E-state index is -0.0664. The van der Waals surface area contributed by atoms with Crippen molar-refractivity contribution in [3.8, 4) is 5.75 Å². The van der Waals surface area contributed by atoms with Crippen molar-refractivity contribution in [1.29, 1.82) is 0 Å². The van der Waals surface area contributed by atoms with Crippen LogP contribution < -0.4 is 20.1 Å². The fraction of sp³-hybridized carbons (Fsp3) is 0.333. The second kappa shape index (κ2) is 13.3. The molecule has 1 saturated heterocycles. The maximum atomic E-state index is 13.6. The number of carbonyl (C=O) groups excluding carboxylic acids is 1. The van der Waals surface area contributed by atoms with E-state index in [0.717, 1.165) is 55.4 Å². The number of ether oxygens (including phenoxy) is 1. The van der Waals surface area contributed by atoms with Crippen molar-refractivity contribution in [1.82, 2.24) is 15.0 Å². The Bertz CT molecular complexity index is 1510. The van der Waals surface area contributed by atoms with Gasteiger partial charge in [0.25, 0.3) is 5.56 Å². The van der Waals surface area contributed by atoms with Gasteiger partial charge in [-0.2, -0.15) is 0 Å². The first-order valence-electron chi connectivity index (χ1n) is 14.5. The van der Waals surface area contributed by atoms with Crippen LogP contribution in [-0.4, -0.2) is 53.5 Å². The number of nitrogens with zero attached hydrogens (tertiary/aromatic N) is 4. The second-order valence-electron chi connectivity index (χ2n) is 10.1. The van der Waals surface area contributed by atoms with Crippen molar-refractivity contribution >= 4 is 17.3 Å². The summed E-state index contributed by atoms with van der Waals surface area (Å²) in [6.07, 6.45) is 4.44. The van der Waals surface area contributed by atoms with Crippen LogP contribution in [0.15, 0.2) is 77.7 Å². The van der Waals surface area contributed by atoms with Crippen LogP contribution in [0.2, 0.25) is 0 Å². The summed E-state index contributed by atoms with van der Waals surface area (Å²) in [5.41, 5.74) is 3.65. The van der Waals surface area contributed by atoms with Crippen LogP contribution in [-0.2, 0) is 19.3 Å². The molecule has 212 valence electrons. The Balaban J connectivity index is 1.35. The third kappa shape index (κ3) is 6.48. The molecule has 0 aliphatic carbocycles. The summed E-state index contributed by atoms with van der Waals surface area (Å²) in [6.45, 7) is 7.59. The average Bonchev–Trinajstić information content (AvgIpc) is 3.03. The van der Waals surface area contributed by atoms with E-state index in [2.05, 4.69) is 19.8 Å². The number of anilines is 2. The molecule has 1 N–H and O–H groups in total. The summed E-state index contributed by atoms with van der Waals surface area (Å²) >= 11 is 0. The standard InChI is InChI=1S/C33H37N5O3/c1-3-25-27(4-2)35-29(36-33(25)40)16-11-23-41-32-26(31(39)24-12-6-5-7-13-24)14-10-15-28(32)37-19-21-38(22-20-37)30-17-8-9-18-34-30/h5-10,12-15,17-18H,3-4,11,16,19-23H2,1-2H3,(H,35,36,40). The van der Waals surface area contributed by atoms with Crippen molar-refractivity contribution < 1.29 is 9.53 Å². The van der Waals surface area contributed by atoms with Gasteiger partial charge in [-0.15, -0.1) is 0 Å². The third-order valence-corrected chi connectivity index (χ3v) is 7.51. The number of nitrogens with one attached hydrogen (secondary N) is 1. The van der Waals surface area contributed by atoms with Crippen LogP contribution >= 0.6 is 0 Å². The maximum Gasteiger partial charge on any atom is 0.254 e. The van der Waals surface area contributed by atoms with E-state index in [4.69, 9.17) is 9.72 Å². The van der Waals surface area contributed by atoms with E-state index in [1.807, 2.05) is 86.8 Å². The van der Waals surface area contributed by atoms with Gasteiger partial charge in [-0.25, -0.2) is 9.97 Å². The first-order chi connectivity index (χ1) is 20.1. The predicted molar refractivity (Wildman–Crippen MR) is 162 cm³/mol. The molecule has 4 aromatic rings. The number of aryl methyl sites for hydroxylation is 2. The molecule has 3 heterocycles. The second-order valence-corrected chi connectivity index (χ2v) is 10.1. The van der Waals surface area contributed by atoms with Crippen LogP contribution in [0, 0.1) is 0 Å². The van der Waals surface area contributed by atoms with Gasteiger partial charge in [0.05, 0.1) is 23.6 Å². The van der Waals surface area contributed by atoms with Gasteiger partial charge in [0, 0.05) is 49.9 Å². The topological polar surface area (TPSA) is 91.4 Å². The number of carbonyl (C=O) groups is 1. The molecule has 0 bridgehead atoms. The van der Waals surface area contributed by atoms with Crippen LogP contribution in [0.5, 0.6) is 5.75 Å². The van der Waals surface area contributed by atoms with E-state index >= 15 is 0 Å². The number of rotatable bonds is 11. The summed E-state index contributed by atoms with van der Waals surface area (Å²) in [7, 11) is 0. The highest BCUT2D eigenvalue weighted by Crippen LogP contribution is 2.35. The van der Waals surface area contributed by atoms with E-state index < -0.39 is 0 Å². The molecule has 5 rings (SSSR count). The molecule has 0 atom stereocenters. The fourth-order valence-electron chi connectivity index (χ4n) is 5.35. The van der Waals surface area contributed by atoms with E-state index in [-0.39, 0.29) is 11.3 Å². The number of pyridine rings is 1. The average molecular weight is 552 g/mol. The zero-order chi connectivity index (χ0) is 28.6. The Morgan fingerprint density at radius 3 is 2.37 bits per heavy atom. The number of H-pyrrole nitrogens is 1.